The lowest BCUT2D eigenvalue weighted by Gasteiger charge is -2.22. The minimum absolute atomic E-state index is 0.223. The van der Waals surface area contributed by atoms with E-state index in [-0.39, 0.29) is 4.75 Å². The van der Waals surface area contributed by atoms with E-state index in [1.807, 2.05) is 23.9 Å². The molecule has 0 saturated carbocycles. The van der Waals surface area contributed by atoms with Gasteiger partial charge in [-0.2, -0.15) is 11.8 Å². The molecular weight excluding hydrogens is 274 g/mol. The average molecular weight is 299 g/mol. The lowest BCUT2D eigenvalue weighted by atomic mass is 10.1. The Labute approximate surface area is 126 Å². The van der Waals surface area contributed by atoms with Crippen molar-refractivity contribution in [1.29, 1.82) is 0 Å². The topological polar surface area (TPSA) is 39.7 Å². The van der Waals surface area contributed by atoms with Gasteiger partial charge in [0.15, 0.2) is 11.5 Å². The van der Waals surface area contributed by atoms with Crippen LogP contribution in [0.3, 0.4) is 0 Å². The van der Waals surface area contributed by atoms with Gasteiger partial charge in [0.25, 0.3) is 0 Å². The number of hydrogen-bond acceptors (Lipinski definition) is 5. The van der Waals surface area contributed by atoms with Crippen LogP contribution in [0, 0.1) is 0 Å². The second-order valence-corrected chi connectivity index (χ2v) is 6.61. The SMILES string of the molecule is COc1cc(CNCC(C)(C)SC)cc(OC)c1OC. The molecule has 0 heterocycles. The van der Waals surface area contributed by atoms with E-state index in [0.717, 1.165) is 18.7 Å². The maximum Gasteiger partial charge on any atom is 0.203 e. The number of hydrogen-bond donors (Lipinski definition) is 1. The van der Waals surface area contributed by atoms with Gasteiger partial charge in [-0.05, 0) is 37.8 Å². The van der Waals surface area contributed by atoms with Crippen LogP contribution in [-0.2, 0) is 6.54 Å². The van der Waals surface area contributed by atoms with Crippen LogP contribution < -0.4 is 19.5 Å². The standard InChI is InChI=1S/C15H25NO3S/c1-15(2,20-6)10-16-9-11-7-12(17-3)14(19-5)13(8-11)18-4/h7-8,16H,9-10H2,1-6H3. The summed E-state index contributed by atoms with van der Waals surface area (Å²) in [6, 6.07) is 3.95. The van der Waals surface area contributed by atoms with E-state index in [2.05, 4.69) is 25.4 Å². The summed E-state index contributed by atoms with van der Waals surface area (Å²) < 4.78 is 16.2. The average Bonchev–Trinajstić information content (AvgIpc) is 2.45. The third-order valence-corrected chi connectivity index (χ3v) is 4.41. The van der Waals surface area contributed by atoms with Crippen LogP contribution in [-0.4, -0.2) is 38.9 Å². The molecule has 1 aromatic carbocycles. The van der Waals surface area contributed by atoms with Gasteiger partial charge < -0.3 is 19.5 Å². The molecule has 0 atom stereocenters. The van der Waals surface area contributed by atoms with Gasteiger partial charge in [0, 0.05) is 17.8 Å². The fourth-order valence-corrected chi connectivity index (χ4v) is 2.06. The van der Waals surface area contributed by atoms with Crippen molar-refractivity contribution in [2.45, 2.75) is 25.1 Å². The lowest BCUT2D eigenvalue weighted by Crippen LogP contribution is -2.31. The second kappa shape index (κ2) is 7.64. The highest BCUT2D eigenvalue weighted by atomic mass is 32.2. The third-order valence-electron chi connectivity index (χ3n) is 3.16. The highest BCUT2D eigenvalue weighted by Crippen LogP contribution is 2.38. The predicted octanol–water partition coefficient (Wildman–Crippen LogP) is 2.94. The van der Waals surface area contributed by atoms with Crippen LogP contribution in [0.1, 0.15) is 19.4 Å². The number of ether oxygens (including phenoxy) is 3. The largest absolute Gasteiger partial charge is 0.493 e. The molecule has 0 unspecified atom stereocenters. The van der Waals surface area contributed by atoms with Crippen LogP contribution in [0.5, 0.6) is 17.2 Å². The molecule has 0 aromatic heterocycles. The molecule has 5 heteroatoms. The predicted molar refractivity (Wildman–Crippen MR) is 85.4 cm³/mol. The Morgan fingerprint density at radius 1 is 1.05 bits per heavy atom. The normalized spacial score (nSPS) is 11.3. The molecule has 20 heavy (non-hydrogen) atoms. The monoisotopic (exact) mass is 299 g/mol. The maximum absolute atomic E-state index is 5.35. The van der Waals surface area contributed by atoms with E-state index in [0.29, 0.717) is 17.2 Å². The van der Waals surface area contributed by atoms with Crippen LogP contribution >= 0.6 is 11.8 Å². The molecule has 4 nitrogen and oxygen atoms in total. The first-order chi connectivity index (χ1) is 9.47. The van der Waals surface area contributed by atoms with E-state index in [9.17, 15) is 0 Å². The molecule has 0 bridgehead atoms. The molecule has 0 aliphatic heterocycles. The first kappa shape index (κ1) is 17.0. The molecule has 1 rings (SSSR count). The van der Waals surface area contributed by atoms with Crippen molar-refractivity contribution in [3.05, 3.63) is 17.7 Å². The Morgan fingerprint density at radius 3 is 2.00 bits per heavy atom. The van der Waals surface area contributed by atoms with Crippen LogP contribution in [0.15, 0.2) is 12.1 Å². The minimum atomic E-state index is 0.223. The third kappa shape index (κ3) is 4.49. The van der Waals surface area contributed by atoms with E-state index in [1.54, 1.807) is 21.3 Å². The highest BCUT2D eigenvalue weighted by Gasteiger charge is 2.16. The van der Waals surface area contributed by atoms with Crippen molar-refractivity contribution in [2.75, 3.05) is 34.1 Å². The smallest absolute Gasteiger partial charge is 0.203 e. The Bertz CT molecular complexity index is 410. The van der Waals surface area contributed by atoms with Gasteiger partial charge in [-0.25, -0.2) is 0 Å². The Hall–Kier alpha value is -1.07. The molecule has 0 fully saturated rings. The van der Waals surface area contributed by atoms with E-state index in [4.69, 9.17) is 14.2 Å². The second-order valence-electron chi connectivity index (χ2n) is 5.10. The zero-order chi connectivity index (χ0) is 15.2. The number of benzene rings is 1. The summed E-state index contributed by atoms with van der Waals surface area (Å²) in [6.45, 7) is 6.14. The molecule has 1 aromatic rings. The highest BCUT2D eigenvalue weighted by molar-refractivity contribution is 7.99. The van der Waals surface area contributed by atoms with Crippen LogP contribution in [0.25, 0.3) is 0 Å². The summed E-state index contributed by atoms with van der Waals surface area (Å²) in [4.78, 5) is 0. The summed E-state index contributed by atoms with van der Waals surface area (Å²) in [5.41, 5.74) is 1.11. The van der Waals surface area contributed by atoms with Crippen molar-refractivity contribution in [2.24, 2.45) is 0 Å². The minimum Gasteiger partial charge on any atom is -0.493 e. The van der Waals surface area contributed by atoms with Crippen molar-refractivity contribution in [3.8, 4) is 17.2 Å². The van der Waals surface area contributed by atoms with Crippen molar-refractivity contribution in [3.63, 3.8) is 0 Å². The van der Waals surface area contributed by atoms with Gasteiger partial charge in [0.1, 0.15) is 0 Å². The quantitative estimate of drug-likeness (QED) is 0.799. The van der Waals surface area contributed by atoms with Crippen molar-refractivity contribution < 1.29 is 14.2 Å². The number of rotatable bonds is 8. The molecular formula is C15H25NO3S. The zero-order valence-corrected chi connectivity index (χ0v) is 14.0. The Kier molecular flexibility index (Phi) is 6.49. The van der Waals surface area contributed by atoms with Gasteiger partial charge >= 0.3 is 0 Å². The number of thioether (sulfide) groups is 1. The summed E-state index contributed by atoms with van der Waals surface area (Å²) in [5.74, 6) is 2.00. The molecule has 0 radical (unpaired) electrons. The van der Waals surface area contributed by atoms with E-state index >= 15 is 0 Å². The molecule has 0 aliphatic rings. The van der Waals surface area contributed by atoms with Gasteiger partial charge in [-0.15, -0.1) is 0 Å². The molecule has 114 valence electrons. The van der Waals surface area contributed by atoms with Crippen LogP contribution in [0.2, 0.25) is 0 Å². The molecule has 0 aliphatic carbocycles. The first-order valence-corrected chi connectivity index (χ1v) is 7.74. The zero-order valence-electron chi connectivity index (χ0n) is 13.2. The Morgan fingerprint density at radius 2 is 1.60 bits per heavy atom. The van der Waals surface area contributed by atoms with Gasteiger partial charge in [0.05, 0.1) is 21.3 Å². The maximum atomic E-state index is 5.35. The fourth-order valence-electron chi connectivity index (χ4n) is 1.82. The Balaban J connectivity index is 2.81. The van der Waals surface area contributed by atoms with Gasteiger partial charge in [0.2, 0.25) is 5.75 Å². The molecule has 0 saturated heterocycles. The van der Waals surface area contributed by atoms with E-state index < -0.39 is 0 Å². The van der Waals surface area contributed by atoms with Gasteiger partial charge in [-0.1, -0.05) is 0 Å². The summed E-state index contributed by atoms with van der Waals surface area (Å²) in [7, 11) is 4.87. The lowest BCUT2D eigenvalue weighted by molar-refractivity contribution is 0.323. The number of methoxy groups -OCH3 is 3. The summed E-state index contributed by atoms with van der Waals surface area (Å²) >= 11 is 1.85. The molecule has 0 amide bonds. The molecule has 0 spiro atoms. The first-order valence-electron chi connectivity index (χ1n) is 6.52. The number of nitrogens with one attached hydrogen (secondary N) is 1. The van der Waals surface area contributed by atoms with Crippen LogP contribution in [0.4, 0.5) is 0 Å². The van der Waals surface area contributed by atoms with Crippen molar-refractivity contribution in [1.82, 2.24) is 5.32 Å². The summed E-state index contributed by atoms with van der Waals surface area (Å²) in [5, 5.41) is 3.46. The van der Waals surface area contributed by atoms with E-state index in [1.165, 1.54) is 0 Å². The summed E-state index contributed by atoms with van der Waals surface area (Å²) in [6.07, 6.45) is 2.13. The van der Waals surface area contributed by atoms with Crippen molar-refractivity contribution >= 4 is 11.8 Å². The molecule has 1 N–H and O–H groups in total. The van der Waals surface area contributed by atoms with Gasteiger partial charge in [-0.3, -0.25) is 0 Å². The fraction of sp³-hybridized carbons (Fsp3) is 0.600.